The van der Waals surface area contributed by atoms with Crippen molar-refractivity contribution >= 4 is 0 Å². The van der Waals surface area contributed by atoms with Crippen LogP contribution in [-0.2, 0) is 7.05 Å². The minimum atomic E-state index is 0.340. The predicted octanol–water partition coefficient (Wildman–Crippen LogP) is 2.34. The summed E-state index contributed by atoms with van der Waals surface area (Å²) in [6.45, 7) is 8.24. The van der Waals surface area contributed by atoms with Gasteiger partial charge >= 0.3 is 0 Å². The van der Waals surface area contributed by atoms with E-state index in [-0.39, 0.29) is 0 Å². The van der Waals surface area contributed by atoms with Crippen LogP contribution < -0.4 is 5.32 Å². The summed E-state index contributed by atoms with van der Waals surface area (Å²) >= 11 is 0. The van der Waals surface area contributed by atoms with Gasteiger partial charge in [0.2, 0.25) is 0 Å². The van der Waals surface area contributed by atoms with E-state index < -0.39 is 0 Å². The fourth-order valence-corrected chi connectivity index (χ4v) is 2.93. The molecule has 19 heavy (non-hydrogen) atoms. The number of nitrogens with zero attached hydrogens (tertiary/aromatic N) is 3. The van der Waals surface area contributed by atoms with Crippen molar-refractivity contribution in [1.29, 1.82) is 0 Å². The van der Waals surface area contributed by atoms with Crippen LogP contribution in [0.2, 0.25) is 0 Å². The lowest BCUT2D eigenvalue weighted by atomic mass is 10.0. The van der Waals surface area contributed by atoms with Crippen molar-refractivity contribution in [3.8, 4) is 0 Å². The lowest BCUT2D eigenvalue weighted by molar-refractivity contribution is 0.189. The van der Waals surface area contributed by atoms with Gasteiger partial charge in [-0.2, -0.15) is 0 Å². The Morgan fingerprint density at radius 1 is 1.42 bits per heavy atom. The van der Waals surface area contributed by atoms with E-state index in [1.54, 1.807) is 0 Å². The lowest BCUT2D eigenvalue weighted by Gasteiger charge is -2.33. The molecule has 1 aromatic rings. The molecule has 1 atom stereocenters. The van der Waals surface area contributed by atoms with Gasteiger partial charge in [0, 0.05) is 25.5 Å². The van der Waals surface area contributed by atoms with Crippen molar-refractivity contribution in [3.05, 3.63) is 18.2 Å². The van der Waals surface area contributed by atoms with Crippen molar-refractivity contribution in [3.63, 3.8) is 0 Å². The monoisotopic (exact) mass is 264 g/mol. The van der Waals surface area contributed by atoms with Crippen LogP contribution in [0.4, 0.5) is 0 Å². The second kappa shape index (κ2) is 7.06. The fraction of sp³-hybridized carbons (Fsp3) is 0.800. The number of hydrogen-bond acceptors (Lipinski definition) is 3. The summed E-state index contributed by atoms with van der Waals surface area (Å²) in [5.41, 5.74) is 0. The normalized spacial score (nSPS) is 19.7. The molecule has 0 bridgehead atoms. The number of imidazole rings is 1. The van der Waals surface area contributed by atoms with Crippen LogP contribution >= 0.6 is 0 Å². The Morgan fingerprint density at radius 2 is 2.16 bits per heavy atom. The fourth-order valence-electron chi connectivity index (χ4n) is 2.93. The third kappa shape index (κ3) is 4.05. The van der Waals surface area contributed by atoms with E-state index in [4.69, 9.17) is 0 Å². The molecule has 108 valence electrons. The molecule has 1 aliphatic rings. The van der Waals surface area contributed by atoms with Gasteiger partial charge < -0.3 is 14.8 Å². The minimum Gasteiger partial charge on any atom is -0.337 e. The predicted molar refractivity (Wildman–Crippen MR) is 79.1 cm³/mol. The highest BCUT2D eigenvalue weighted by Gasteiger charge is 2.21. The minimum absolute atomic E-state index is 0.340. The standard InChI is InChI=1S/C15H28N4/c1-4-5-9-19-10-6-14(7-11-19)17-13(2)15-16-8-12-18(15)3/h8,12-14,17H,4-7,9-11H2,1-3H3. The number of rotatable bonds is 6. The van der Waals surface area contributed by atoms with Crippen molar-refractivity contribution in [2.24, 2.45) is 7.05 Å². The van der Waals surface area contributed by atoms with Crippen LogP contribution in [0.1, 0.15) is 51.4 Å². The van der Waals surface area contributed by atoms with Crippen molar-refractivity contribution in [2.75, 3.05) is 19.6 Å². The number of nitrogens with one attached hydrogen (secondary N) is 1. The Hall–Kier alpha value is -0.870. The molecule has 1 aromatic heterocycles. The van der Waals surface area contributed by atoms with Gasteiger partial charge in [-0.3, -0.25) is 0 Å². The van der Waals surface area contributed by atoms with E-state index in [9.17, 15) is 0 Å². The maximum absolute atomic E-state index is 4.43. The maximum atomic E-state index is 4.43. The quantitative estimate of drug-likeness (QED) is 0.856. The van der Waals surface area contributed by atoms with Crippen LogP contribution in [0.5, 0.6) is 0 Å². The van der Waals surface area contributed by atoms with Crippen LogP contribution in [0.15, 0.2) is 12.4 Å². The Bertz CT molecular complexity index is 366. The summed E-state index contributed by atoms with van der Waals surface area (Å²) in [6.07, 6.45) is 9.05. The SMILES string of the molecule is CCCCN1CCC(NC(C)c2nccn2C)CC1. The summed E-state index contributed by atoms with van der Waals surface area (Å²) < 4.78 is 2.11. The third-order valence-corrected chi connectivity index (χ3v) is 4.15. The average Bonchev–Trinajstić information content (AvgIpc) is 2.84. The molecule has 2 rings (SSSR count). The Kier molecular flexibility index (Phi) is 5.40. The number of likely N-dealkylation sites (tertiary alicyclic amines) is 1. The molecular formula is C15H28N4. The summed E-state index contributed by atoms with van der Waals surface area (Å²) in [4.78, 5) is 7.03. The molecule has 0 aromatic carbocycles. The first-order valence-electron chi connectivity index (χ1n) is 7.66. The van der Waals surface area contributed by atoms with Crippen LogP contribution in [0, 0.1) is 0 Å². The zero-order chi connectivity index (χ0) is 13.7. The number of piperidine rings is 1. The summed E-state index contributed by atoms with van der Waals surface area (Å²) in [5.74, 6) is 1.13. The van der Waals surface area contributed by atoms with Gasteiger partial charge in [0.25, 0.3) is 0 Å². The molecule has 0 spiro atoms. The smallest absolute Gasteiger partial charge is 0.125 e. The number of hydrogen-bond donors (Lipinski definition) is 1. The van der Waals surface area contributed by atoms with Gasteiger partial charge in [-0.15, -0.1) is 0 Å². The van der Waals surface area contributed by atoms with Crippen molar-refractivity contribution < 1.29 is 0 Å². The zero-order valence-electron chi connectivity index (χ0n) is 12.6. The lowest BCUT2D eigenvalue weighted by Crippen LogP contribution is -2.43. The van der Waals surface area contributed by atoms with E-state index in [1.807, 2.05) is 12.4 Å². The molecule has 0 amide bonds. The molecule has 1 N–H and O–H groups in total. The molecule has 0 aliphatic carbocycles. The first-order chi connectivity index (χ1) is 9.20. The van der Waals surface area contributed by atoms with E-state index >= 15 is 0 Å². The number of aryl methyl sites for hydroxylation is 1. The van der Waals surface area contributed by atoms with Crippen LogP contribution in [-0.4, -0.2) is 40.1 Å². The van der Waals surface area contributed by atoms with Gasteiger partial charge in [-0.25, -0.2) is 4.98 Å². The van der Waals surface area contributed by atoms with Crippen molar-refractivity contribution in [1.82, 2.24) is 19.8 Å². The van der Waals surface area contributed by atoms with E-state index in [0.29, 0.717) is 12.1 Å². The molecule has 4 nitrogen and oxygen atoms in total. The van der Waals surface area contributed by atoms with Gasteiger partial charge in [-0.05, 0) is 45.8 Å². The average molecular weight is 264 g/mol. The highest BCUT2D eigenvalue weighted by molar-refractivity contribution is 4.98. The first kappa shape index (κ1) is 14.5. The number of unbranched alkanes of at least 4 members (excludes halogenated alkanes) is 1. The molecule has 1 unspecified atom stereocenters. The van der Waals surface area contributed by atoms with Gasteiger partial charge in [-0.1, -0.05) is 13.3 Å². The highest BCUT2D eigenvalue weighted by Crippen LogP contribution is 2.16. The van der Waals surface area contributed by atoms with E-state index in [2.05, 4.69) is 40.7 Å². The Balaban J connectivity index is 1.75. The molecule has 2 heterocycles. The molecule has 1 saturated heterocycles. The molecule has 1 fully saturated rings. The van der Waals surface area contributed by atoms with Gasteiger partial charge in [0.15, 0.2) is 0 Å². The van der Waals surface area contributed by atoms with Crippen LogP contribution in [0.25, 0.3) is 0 Å². The van der Waals surface area contributed by atoms with E-state index in [1.165, 1.54) is 45.3 Å². The Labute approximate surface area is 117 Å². The topological polar surface area (TPSA) is 33.1 Å². The summed E-state index contributed by atoms with van der Waals surface area (Å²) in [6, 6.07) is 0.983. The first-order valence-corrected chi connectivity index (χ1v) is 7.66. The summed E-state index contributed by atoms with van der Waals surface area (Å²) in [7, 11) is 2.06. The van der Waals surface area contributed by atoms with E-state index in [0.717, 1.165) is 5.82 Å². The second-order valence-electron chi connectivity index (χ2n) is 5.75. The largest absolute Gasteiger partial charge is 0.337 e. The highest BCUT2D eigenvalue weighted by atomic mass is 15.2. The van der Waals surface area contributed by atoms with Gasteiger partial charge in [0.1, 0.15) is 5.82 Å². The molecule has 1 aliphatic heterocycles. The third-order valence-electron chi connectivity index (χ3n) is 4.15. The Morgan fingerprint density at radius 3 is 2.74 bits per heavy atom. The van der Waals surface area contributed by atoms with Crippen molar-refractivity contribution in [2.45, 2.75) is 51.6 Å². The maximum Gasteiger partial charge on any atom is 0.125 e. The molecule has 0 saturated carbocycles. The van der Waals surface area contributed by atoms with Gasteiger partial charge in [0.05, 0.1) is 6.04 Å². The zero-order valence-corrected chi connectivity index (χ0v) is 12.6. The summed E-state index contributed by atoms with van der Waals surface area (Å²) in [5, 5.41) is 3.73. The number of aromatic nitrogens is 2. The second-order valence-corrected chi connectivity index (χ2v) is 5.75. The van der Waals surface area contributed by atoms with Crippen LogP contribution in [0.3, 0.4) is 0 Å². The molecule has 4 heteroatoms. The molecular weight excluding hydrogens is 236 g/mol. The molecule has 0 radical (unpaired) electrons.